The normalized spacial score (nSPS) is 11.7. The Hall–Kier alpha value is -2.74. The lowest BCUT2D eigenvalue weighted by molar-refractivity contribution is 0.0636. The smallest absolute Gasteiger partial charge is 0.412 e. The van der Waals surface area contributed by atoms with Crippen molar-refractivity contribution in [1.29, 1.82) is 0 Å². The molecule has 0 radical (unpaired) electrons. The quantitative estimate of drug-likeness (QED) is 0.690. The zero-order valence-corrected chi connectivity index (χ0v) is 15.8. The highest BCUT2D eigenvalue weighted by atomic mass is 32.2. The van der Waals surface area contributed by atoms with Crippen LogP contribution in [0.4, 0.5) is 21.9 Å². The van der Waals surface area contributed by atoms with Crippen LogP contribution in [0, 0.1) is 0 Å². The molecule has 2 rings (SSSR count). The molecule has 4 N–H and O–H groups in total. The average molecular weight is 377 g/mol. The lowest BCUT2D eigenvalue weighted by Crippen LogP contribution is -2.27. The largest absolute Gasteiger partial charge is 0.444 e. The van der Waals surface area contributed by atoms with Crippen molar-refractivity contribution in [2.45, 2.75) is 32.1 Å². The molecule has 0 atom stereocenters. The third-order valence-corrected chi connectivity index (χ3v) is 4.35. The van der Waals surface area contributed by atoms with Crippen LogP contribution in [-0.4, -0.2) is 20.1 Å². The van der Waals surface area contributed by atoms with Crippen molar-refractivity contribution >= 4 is 33.2 Å². The van der Waals surface area contributed by atoms with Crippen LogP contribution in [0.15, 0.2) is 48.5 Å². The molecule has 0 aromatic heterocycles. The molecule has 140 valence electrons. The summed E-state index contributed by atoms with van der Waals surface area (Å²) in [5.74, 6) is -0.207. The number of nitrogens with one attached hydrogen (secondary N) is 2. The second-order valence-corrected chi connectivity index (χ2v) is 8.54. The van der Waals surface area contributed by atoms with E-state index in [9.17, 15) is 13.2 Å². The first-order chi connectivity index (χ1) is 12.0. The van der Waals surface area contributed by atoms with Gasteiger partial charge in [0.05, 0.1) is 11.4 Å². The number of nitrogen functional groups attached to an aromatic ring is 1. The van der Waals surface area contributed by atoms with Gasteiger partial charge in [-0.05, 0) is 56.7 Å². The summed E-state index contributed by atoms with van der Waals surface area (Å²) in [6.45, 7) is 5.27. The number of hydrogen-bond acceptors (Lipinski definition) is 5. The van der Waals surface area contributed by atoms with E-state index < -0.39 is 21.7 Å². The number of amides is 1. The molecule has 0 aliphatic rings. The minimum absolute atomic E-state index is 0.207. The summed E-state index contributed by atoms with van der Waals surface area (Å²) in [4.78, 5) is 11.8. The molecule has 7 nitrogen and oxygen atoms in total. The number of carbonyl (C=O) groups is 1. The summed E-state index contributed by atoms with van der Waals surface area (Å²) in [6, 6.07) is 13.1. The fourth-order valence-corrected chi connectivity index (χ4v) is 3.38. The number of ether oxygens (including phenoxy) is 1. The van der Waals surface area contributed by atoms with Crippen molar-refractivity contribution in [2.24, 2.45) is 0 Å². The van der Waals surface area contributed by atoms with Gasteiger partial charge in [0.15, 0.2) is 0 Å². The van der Waals surface area contributed by atoms with E-state index in [4.69, 9.17) is 10.5 Å². The maximum Gasteiger partial charge on any atom is 0.412 e. The van der Waals surface area contributed by atoms with Crippen LogP contribution in [0.25, 0.3) is 0 Å². The van der Waals surface area contributed by atoms with E-state index in [-0.39, 0.29) is 5.75 Å². The van der Waals surface area contributed by atoms with Crippen molar-refractivity contribution in [3.63, 3.8) is 0 Å². The van der Waals surface area contributed by atoms with E-state index >= 15 is 0 Å². The summed E-state index contributed by atoms with van der Waals surface area (Å²) in [7, 11) is -3.63. The molecular weight excluding hydrogens is 354 g/mol. The van der Waals surface area contributed by atoms with Gasteiger partial charge in [-0.1, -0.05) is 18.2 Å². The highest BCUT2D eigenvalue weighted by molar-refractivity contribution is 7.91. The summed E-state index contributed by atoms with van der Waals surface area (Å²) in [6.07, 6.45) is -0.614. The Kier molecular flexibility index (Phi) is 5.76. The molecule has 0 unspecified atom stereocenters. The van der Waals surface area contributed by atoms with E-state index in [1.807, 2.05) is 0 Å². The van der Waals surface area contributed by atoms with Crippen molar-refractivity contribution in [2.75, 3.05) is 15.8 Å². The number of rotatable bonds is 5. The van der Waals surface area contributed by atoms with Crippen LogP contribution in [-0.2, 0) is 20.5 Å². The summed E-state index contributed by atoms with van der Waals surface area (Å²) >= 11 is 0. The molecule has 2 aromatic carbocycles. The predicted molar refractivity (Wildman–Crippen MR) is 103 cm³/mol. The van der Waals surface area contributed by atoms with Gasteiger partial charge in [0.1, 0.15) is 5.60 Å². The Morgan fingerprint density at radius 3 is 2.38 bits per heavy atom. The van der Waals surface area contributed by atoms with Crippen LogP contribution in [0.2, 0.25) is 0 Å². The van der Waals surface area contributed by atoms with E-state index in [1.54, 1.807) is 63.2 Å². The maximum atomic E-state index is 12.3. The lowest BCUT2D eigenvalue weighted by Gasteiger charge is -2.19. The van der Waals surface area contributed by atoms with Crippen LogP contribution < -0.4 is 15.8 Å². The van der Waals surface area contributed by atoms with Crippen LogP contribution in [0.1, 0.15) is 26.3 Å². The molecule has 1 amide bonds. The number of carbonyl (C=O) groups excluding carboxylic acids is 1. The minimum atomic E-state index is -3.63. The van der Waals surface area contributed by atoms with Gasteiger partial charge in [0.25, 0.3) is 0 Å². The first-order valence-electron chi connectivity index (χ1n) is 7.97. The van der Waals surface area contributed by atoms with Gasteiger partial charge >= 0.3 is 6.09 Å². The molecule has 0 spiro atoms. The van der Waals surface area contributed by atoms with Crippen molar-refractivity contribution in [3.05, 3.63) is 54.1 Å². The lowest BCUT2D eigenvalue weighted by atomic mass is 10.2. The van der Waals surface area contributed by atoms with Gasteiger partial charge in [0, 0.05) is 11.4 Å². The third-order valence-electron chi connectivity index (χ3n) is 3.09. The number of benzene rings is 2. The number of anilines is 3. The molecule has 0 fully saturated rings. The zero-order chi connectivity index (χ0) is 19.4. The molecule has 8 heteroatoms. The van der Waals surface area contributed by atoms with Gasteiger partial charge in [-0.2, -0.15) is 0 Å². The maximum absolute atomic E-state index is 12.3. The minimum Gasteiger partial charge on any atom is -0.444 e. The Morgan fingerprint density at radius 2 is 1.73 bits per heavy atom. The second kappa shape index (κ2) is 7.65. The molecule has 0 heterocycles. The molecule has 2 aromatic rings. The third kappa shape index (κ3) is 6.64. The van der Waals surface area contributed by atoms with Crippen molar-refractivity contribution in [1.82, 2.24) is 0 Å². The first-order valence-corrected chi connectivity index (χ1v) is 9.63. The average Bonchev–Trinajstić information content (AvgIpc) is 2.44. The van der Waals surface area contributed by atoms with Crippen molar-refractivity contribution in [3.8, 4) is 0 Å². The SMILES string of the molecule is CC(C)(C)OC(=O)Nc1cccc(NS(=O)(=O)Cc2cccc(N)c2)c1. The van der Waals surface area contributed by atoms with Gasteiger partial charge < -0.3 is 10.5 Å². The van der Waals surface area contributed by atoms with Crippen LogP contribution in [0.5, 0.6) is 0 Å². The predicted octanol–water partition coefficient (Wildman–Crippen LogP) is 3.56. The Bertz CT molecular complexity index is 889. The summed E-state index contributed by atoms with van der Waals surface area (Å²) in [5, 5.41) is 2.57. The Labute approximate surface area is 153 Å². The standard InChI is InChI=1S/C18H23N3O4S/c1-18(2,3)25-17(22)20-15-8-5-9-16(11-15)21-26(23,24)12-13-6-4-7-14(19)10-13/h4-11,21H,12,19H2,1-3H3,(H,20,22). The monoisotopic (exact) mass is 377 g/mol. The molecular formula is C18H23N3O4S. The highest BCUT2D eigenvalue weighted by Crippen LogP contribution is 2.19. The van der Waals surface area contributed by atoms with E-state index in [0.29, 0.717) is 22.6 Å². The van der Waals surface area contributed by atoms with Crippen LogP contribution in [0.3, 0.4) is 0 Å². The molecule has 0 saturated heterocycles. The Balaban J connectivity index is 2.06. The van der Waals surface area contributed by atoms with E-state index in [1.165, 1.54) is 6.07 Å². The zero-order valence-electron chi connectivity index (χ0n) is 14.9. The second-order valence-electron chi connectivity index (χ2n) is 6.81. The van der Waals surface area contributed by atoms with Crippen LogP contribution >= 0.6 is 0 Å². The van der Waals surface area contributed by atoms with E-state index in [0.717, 1.165) is 0 Å². The fourth-order valence-electron chi connectivity index (χ4n) is 2.20. The van der Waals surface area contributed by atoms with E-state index in [2.05, 4.69) is 10.0 Å². The topological polar surface area (TPSA) is 111 Å². The number of hydrogen-bond donors (Lipinski definition) is 3. The van der Waals surface area contributed by atoms with Crippen molar-refractivity contribution < 1.29 is 17.9 Å². The summed E-state index contributed by atoms with van der Waals surface area (Å²) < 4.78 is 32.3. The summed E-state index contributed by atoms with van der Waals surface area (Å²) in [5.41, 5.74) is 6.89. The molecule has 0 aliphatic carbocycles. The van der Waals surface area contributed by atoms with Gasteiger partial charge in [0.2, 0.25) is 10.0 Å². The molecule has 0 saturated carbocycles. The first kappa shape index (κ1) is 19.6. The fraction of sp³-hybridized carbons (Fsp3) is 0.278. The molecule has 0 bridgehead atoms. The molecule has 26 heavy (non-hydrogen) atoms. The van der Waals surface area contributed by atoms with Gasteiger partial charge in [-0.3, -0.25) is 10.0 Å². The van der Waals surface area contributed by atoms with Gasteiger partial charge in [-0.25, -0.2) is 13.2 Å². The van der Waals surface area contributed by atoms with Gasteiger partial charge in [-0.15, -0.1) is 0 Å². The number of sulfonamides is 1. The molecule has 0 aliphatic heterocycles. The number of nitrogens with two attached hydrogens (primary N) is 1. The Morgan fingerprint density at radius 1 is 1.08 bits per heavy atom. The highest BCUT2D eigenvalue weighted by Gasteiger charge is 2.17.